The first-order valence-electron chi connectivity index (χ1n) is 9.60. The molecule has 2 N–H and O–H groups in total. The number of esters is 1. The Morgan fingerprint density at radius 1 is 0.900 bits per heavy atom. The van der Waals surface area contributed by atoms with Crippen LogP contribution in [0.1, 0.15) is 53.3 Å². The minimum atomic E-state index is -4.00. The largest absolute Gasteiger partial charge is 0.494 e. The van der Waals surface area contributed by atoms with Crippen LogP contribution in [0.2, 0.25) is 0 Å². The molecule has 0 saturated carbocycles. The highest BCUT2D eigenvalue weighted by Gasteiger charge is 2.17. The molecule has 0 aliphatic carbocycles. The normalized spacial score (nSPS) is 11.0. The van der Waals surface area contributed by atoms with Crippen LogP contribution in [0.4, 0.5) is 0 Å². The molecule has 8 nitrogen and oxygen atoms in total. The molecule has 1 amide bonds. The van der Waals surface area contributed by atoms with Crippen LogP contribution in [0.5, 0.6) is 5.75 Å². The molecule has 0 unspecified atom stereocenters. The van der Waals surface area contributed by atoms with Gasteiger partial charge in [0.2, 0.25) is 0 Å². The van der Waals surface area contributed by atoms with Crippen molar-refractivity contribution in [3.63, 3.8) is 0 Å². The number of hydrazine groups is 1. The van der Waals surface area contributed by atoms with E-state index >= 15 is 0 Å². The molecule has 9 heteroatoms. The highest BCUT2D eigenvalue weighted by molar-refractivity contribution is 7.89. The summed E-state index contributed by atoms with van der Waals surface area (Å²) in [6.07, 6.45) is 4.42. The number of nitrogens with one attached hydrogen (secondary N) is 2. The number of ether oxygens (including phenoxy) is 2. The van der Waals surface area contributed by atoms with E-state index in [1.165, 1.54) is 37.8 Å². The van der Waals surface area contributed by atoms with Crippen LogP contribution >= 0.6 is 0 Å². The molecule has 0 radical (unpaired) electrons. The smallest absolute Gasteiger partial charge is 0.337 e. The average molecular weight is 435 g/mol. The van der Waals surface area contributed by atoms with Crippen LogP contribution in [0, 0.1) is 0 Å². The van der Waals surface area contributed by atoms with E-state index in [1.807, 2.05) is 4.83 Å². The number of benzene rings is 2. The topological polar surface area (TPSA) is 111 Å². The van der Waals surface area contributed by atoms with Gasteiger partial charge in [0.25, 0.3) is 15.9 Å². The van der Waals surface area contributed by atoms with E-state index in [4.69, 9.17) is 4.74 Å². The molecule has 2 aromatic carbocycles. The quantitative estimate of drug-likeness (QED) is 0.319. The summed E-state index contributed by atoms with van der Waals surface area (Å²) >= 11 is 0. The first-order chi connectivity index (χ1) is 14.4. The van der Waals surface area contributed by atoms with Gasteiger partial charge in [0.1, 0.15) is 5.75 Å². The first-order valence-corrected chi connectivity index (χ1v) is 11.1. The number of hydrogen-bond donors (Lipinski definition) is 2. The molecule has 0 aliphatic heterocycles. The Morgan fingerprint density at radius 3 is 2.13 bits per heavy atom. The number of carbonyl (C=O) groups is 2. The maximum atomic E-state index is 12.3. The van der Waals surface area contributed by atoms with E-state index in [0.29, 0.717) is 12.4 Å². The van der Waals surface area contributed by atoms with Gasteiger partial charge in [-0.1, -0.05) is 26.2 Å². The maximum Gasteiger partial charge on any atom is 0.337 e. The van der Waals surface area contributed by atoms with Gasteiger partial charge in [0, 0.05) is 5.56 Å². The van der Waals surface area contributed by atoms with Gasteiger partial charge in [0.15, 0.2) is 0 Å². The van der Waals surface area contributed by atoms with Gasteiger partial charge in [-0.25, -0.2) is 13.2 Å². The van der Waals surface area contributed by atoms with Crippen LogP contribution in [0.25, 0.3) is 0 Å². The molecule has 0 saturated heterocycles. The second kappa shape index (κ2) is 11.3. The molecule has 0 aliphatic rings. The number of methoxy groups -OCH3 is 1. The molecule has 162 valence electrons. The van der Waals surface area contributed by atoms with Crippen LogP contribution in [-0.2, 0) is 14.8 Å². The summed E-state index contributed by atoms with van der Waals surface area (Å²) in [6.45, 7) is 2.76. The predicted molar refractivity (Wildman–Crippen MR) is 112 cm³/mol. The van der Waals surface area contributed by atoms with Crippen molar-refractivity contribution in [1.29, 1.82) is 0 Å². The molecule has 0 heterocycles. The minimum absolute atomic E-state index is 0.109. The molecule has 0 bridgehead atoms. The highest BCUT2D eigenvalue weighted by Crippen LogP contribution is 2.14. The van der Waals surface area contributed by atoms with Gasteiger partial charge in [-0.15, -0.1) is 4.83 Å². The first kappa shape index (κ1) is 23.4. The van der Waals surface area contributed by atoms with Gasteiger partial charge < -0.3 is 9.47 Å². The van der Waals surface area contributed by atoms with Gasteiger partial charge in [-0.3, -0.25) is 10.2 Å². The Bertz CT molecular complexity index is 940. The summed E-state index contributed by atoms with van der Waals surface area (Å²) in [4.78, 5) is 25.5. The van der Waals surface area contributed by atoms with Crippen LogP contribution in [0.3, 0.4) is 0 Å². The summed E-state index contributed by atoms with van der Waals surface area (Å²) in [5.74, 6) is -0.540. The number of rotatable bonds is 11. The van der Waals surface area contributed by atoms with Crippen LogP contribution < -0.4 is 15.0 Å². The van der Waals surface area contributed by atoms with Crippen molar-refractivity contribution in [2.24, 2.45) is 0 Å². The SMILES string of the molecule is CCCCCCOc1ccc(C(=O)NNS(=O)(=O)c2ccc(C(=O)OC)cc2)cc1. The lowest BCUT2D eigenvalue weighted by Crippen LogP contribution is -2.41. The summed E-state index contributed by atoms with van der Waals surface area (Å²) in [6, 6.07) is 11.6. The average Bonchev–Trinajstić information content (AvgIpc) is 2.77. The number of unbranched alkanes of at least 4 members (excludes halogenated alkanes) is 3. The fourth-order valence-corrected chi connectivity index (χ4v) is 3.39. The highest BCUT2D eigenvalue weighted by atomic mass is 32.2. The predicted octanol–water partition coefficient (Wildman–Crippen LogP) is 3.06. The van der Waals surface area contributed by atoms with Crippen molar-refractivity contribution in [1.82, 2.24) is 10.3 Å². The monoisotopic (exact) mass is 434 g/mol. The molecule has 0 fully saturated rings. The lowest BCUT2D eigenvalue weighted by molar-refractivity contribution is 0.0600. The Morgan fingerprint density at radius 2 is 1.53 bits per heavy atom. The molecule has 0 aromatic heterocycles. The minimum Gasteiger partial charge on any atom is -0.494 e. The third kappa shape index (κ3) is 6.85. The van der Waals surface area contributed by atoms with E-state index in [9.17, 15) is 18.0 Å². The zero-order chi connectivity index (χ0) is 22.0. The third-order valence-electron chi connectivity index (χ3n) is 4.27. The van der Waals surface area contributed by atoms with E-state index in [-0.39, 0.29) is 16.0 Å². The van der Waals surface area contributed by atoms with E-state index in [2.05, 4.69) is 17.1 Å². The van der Waals surface area contributed by atoms with Gasteiger partial charge in [-0.2, -0.15) is 0 Å². The molecule has 0 atom stereocenters. The Kier molecular flexibility index (Phi) is 8.82. The van der Waals surface area contributed by atoms with Crippen LogP contribution in [0.15, 0.2) is 53.4 Å². The molecule has 2 aromatic rings. The van der Waals surface area contributed by atoms with Crippen LogP contribution in [-0.4, -0.2) is 34.0 Å². The van der Waals surface area contributed by atoms with Crippen molar-refractivity contribution >= 4 is 21.9 Å². The summed E-state index contributed by atoms with van der Waals surface area (Å²) in [7, 11) is -2.77. The van der Waals surface area contributed by atoms with Crippen molar-refractivity contribution in [3.8, 4) is 5.75 Å². The standard InChI is InChI=1S/C21H26N2O6S/c1-3-4-5-6-15-29-18-11-7-16(8-12-18)20(24)22-23-30(26,27)19-13-9-17(10-14-19)21(25)28-2/h7-14,23H,3-6,15H2,1-2H3,(H,22,24). The maximum absolute atomic E-state index is 12.3. The molecular weight excluding hydrogens is 408 g/mol. The molecule has 2 rings (SSSR count). The second-order valence-corrected chi connectivity index (χ2v) is 8.19. The van der Waals surface area contributed by atoms with Crippen molar-refractivity contribution in [2.75, 3.05) is 13.7 Å². The summed E-state index contributed by atoms with van der Waals surface area (Å²) in [5, 5.41) is 0. The lowest BCUT2D eigenvalue weighted by Gasteiger charge is -2.10. The van der Waals surface area contributed by atoms with E-state index in [1.54, 1.807) is 24.3 Å². The second-order valence-electron chi connectivity index (χ2n) is 6.51. The Labute approximate surface area is 176 Å². The molecular formula is C21H26N2O6S. The Balaban J connectivity index is 1.89. The fourth-order valence-electron chi connectivity index (χ4n) is 2.55. The zero-order valence-electron chi connectivity index (χ0n) is 17.0. The molecule has 0 spiro atoms. The van der Waals surface area contributed by atoms with Gasteiger partial charge in [0.05, 0.1) is 24.2 Å². The fraction of sp³-hybridized carbons (Fsp3) is 0.333. The Hall–Kier alpha value is -2.91. The van der Waals surface area contributed by atoms with Crippen molar-refractivity contribution < 1.29 is 27.5 Å². The van der Waals surface area contributed by atoms with Crippen molar-refractivity contribution in [2.45, 2.75) is 37.5 Å². The number of sulfonamides is 1. The number of hydrogen-bond acceptors (Lipinski definition) is 6. The van der Waals surface area contributed by atoms with Gasteiger partial charge in [-0.05, 0) is 55.0 Å². The van der Waals surface area contributed by atoms with E-state index in [0.717, 1.165) is 19.3 Å². The van der Waals surface area contributed by atoms with E-state index < -0.39 is 21.9 Å². The van der Waals surface area contributed by atoms with Gasteiger partial charge >= 0.3 is 5.97 Å². The molecule has 30 heavy (non-hydrogen) atoms. The van der Waals surface area contributed by atoms with Crippen molar-refractivity contribution in [3.05, 3.63) is 59.7 Å². The summed E-state index contributed by atoms with van der Waals surface area (Å²) < 4.78 is 34.8. The lowest BCUT2D eigenvalue weighted by atomic mass is 10.2. The zero-order valence-corrected chi connectivity index (χ0v) is 17.8. The summed E-state index contributed by atoms with van der Waals surface area (Å²) in [5.41, 5.74) is 2.65. The third-order valence-corrected chi connectivity index (χ3v) is 5.53. The number of amides is 1. The number of carbonyl (C=O) groups excluding carboxylic acids is 2.